The smallest absolute Gasteiger partial charge is 0.123 e. The molecule has 0 aliphatic carbocycles. The number of ether oxygens (including phenoxy) is 1. The van der Waals surface area contributed by atoms with Crippen LogP contribution in [0.4, 0.5) is 4.39 Å². The van der Waals surface area contributed by atoms with Crippen LogP contribution in [0.25, 0.3) is 0 Å². The van der Waals surface area contributed by atoms with Gasteiger partial charge in [-0.2, -0.15) is 5.10 Å². The summed E-state index contributed by atoms with van der Waals surface area (Å²) in [5.74, 6) is 0.135. The summed E-state index contributed by atoms with van der Waals surface area (Å²) in [6, 6.07) is 6.72. The predicted octanol–water partition coefficient (Wildman–Crippen LogP) is 2.31. The molecule has 0 amide bonds. The summed E-state index contributed by atoms with van der Waals surface area (Å²) in [5, 5.41) is 4.37. The number of rotatable bonds is 4. The fraction of sp³-hybridized carbons (Fsp3) is 0.438. The lowest BCUT2D eigenvalue weighted by atomic mass is 9.96. The van der Waals surface area contributed by atoms with Gasteiger partial charge in [-0.15, -0.1) is 0 Å². The van der Waals surface area contributed by atoms with E-state index in [9.17, 15) is 4.39 Å². The maximum atomic E-state index is 13.0. The van der Waals surface area contributed by atoms with E-state index in [1.54, 1.807) is 7.11 Å². The van der Waals surface area contributed by atoms with Gasteiger partial charge in [-0.3, -0.25) is 9.58 Å². The molecule has 0 saturated heterocycles. The van der Waals surface area contributed by atoms with Crippen LogP contribution in [0, 0.1) is 5.82 Å². The van der Waals surface area contributed by atoms with Gasteiger partial charge in [0.15, 0.2) is 0 Å². The standard InChI is InChI=1S/C16H20FN3O/c1-19-16-13(7-18-19)9-20(10-14(16)11-21-2)8-12-3-5-15(17)6-4-12/h3-7,14H,8-11H2,1-2H3/t14-/m1/s1. The van der Waals surface area contributed by atoms with Crippen molar-refractivity contribution in [3.8, 4) is 0 Å². The van der Waals surface area contributed by atoms with Crippen molar-refractivity contribution in [1.82, 2.24) is 14.7 Å². The van der Waals surface area contributed by atoms with Crippen LogP contribution < -0.4 is 0 Å². The maximum absolute atomic E-state index is 13.0. The van der Waals surface area contributed by atoms with Crippen molar-refractivity contribution >= 4 is 0 Å². The van der Waals surface area contributed by atoms with E-state index in [2.05, 4.69) is 10.00 Å². The lowest BCUT2D eigenvalue weighted by molar-refractivity contribution is 0.132. The number of hydrogen-bond acceptors (Lipinski definition) is 3. The van der Waals surface area contributed by atoms with E-state index < -0.39 is 0 Å². The number of fused-ring (bicyclic) bond motifs is 1. The van der Waals surface area contributed by atoms with E-state index in [-0.39, 0.29) is 5.82 Å². The van der Waals surface area contributed by atoms with Crippen LogP contribution in [-0.4, -0.2) is 34.9 Å². The first kappa shape index (κ1) is 14.2. The minimum absolute atomic E-state index is 0.191. The third-order valence-corrected chi connectivity index (χ3v) is 4.01. The molecule has 0 saturated carbocycles. The Morgan fingerprint density at radius 1 is 1.33 bits per heavy atom. The number of halogens is 1. The van der Waals surface area contributed by atoms with Crippen LogP contribution in [0.2, 0.25) is 0 Å². The molecule has 1 aromatic heterocycles. The number of aromatic nitrogens is 2. The minimum atomic E-state index is -0.191. The molecular weight excluding hydrogens is 269 g/mol. The molecule has 0 N–H and O–H groups in total. The fourth-order valence-electron chi connectivity index (χ4n) is 3.15. The van der Waals surface area contributed by atoms with Crippen molar-refractivity contribution in [2.45, 2.75) is 19.0 Å². The highest BCUT2D eigenvalue weighted by molar-refractivity contribution is 5.26. The Labute approximate surface area is 124 Å². The molecule has 0 fully saturated rings. The summed E-state index contributed by atoms with van der Waals surface area (Å²) in [7, 11) is 3.71. The zero-order valence-electron chi connectivity index (χ0n) is 12.4. The molecule has 0 bridgehead atoms. The molecule has 4 nitrogen and oxygen atoms in total. The van der Waals surface area contributed by atoms with Gasteiger partial charge in [-0.25, -0.2) is 4.39 Å². The van der Waals surface area contributed by atoms with Crippen LogP contribution in [0.3, 0.4) is 0 Å². The molecule has 1 atom stereocenters. The van der Waals surface area contributed by atoms with Crippen molar-refractivity contribution in [1.29, 1.82) is 0 Å². The average Bonchev–Trinajstić information content (AvgIpc) is 2.83. The van der Waals surface area contributed by atoms with Gasteiger partial charge < -0.3 is 4.74 Å². The van der Waals surface area contributed by atoms with Gasteiger partial charge in [-0.05, 0) is 17.7 Å². The van der Waals surface area contributed by atoms with E-state index >= 15 is 0 Å². The Hall–Kier alpha value is -1.72. The Morgan fingerprint density at radius 2 is 2.10 bits per heavy atom. The first-order valence-electron chi connectivity index (χ1n) is 7.14. The maximum Gasteiger partial charge on any atom is 0.123 e. The molecule has 3 rings (SSSR count). The lowest BCUT2D eigenvalue weighted by Gasteiger charge is -2.32. The van der Waals surface area contributed by atoms with Crippen molar-refractivity contribution in [2.24, 2.45) is 7.05 Å². The quantitative estimate of drug-likeness (QED) is 0.865. The van der Waals surface area contributed by atoms with E-state index in [1.165, 1.54) is 23.4 Å². The summed E-state index contributed by atoms with van der Waals surface area (Å²) in [6.45, 7) is 3.31. The van der Waals surface area contributed by atoms with Gasteiger partial charge in [0.1, 0.15) is 5.82 Å². The lowest BCUT2D eigenvalue weighted by Crippen LogP contribution is -2.35. The predicted molar refractivity (Wildman–Crippen MR) is 78.3 cm³/mol. The van der Waals surface area contributed by atoms with Gasteiger partial charge in [-0.1, -0.05) is 12.1 Å². The molecule has 1 aliphatic heterocycles. The fourth-order valence-corrected chi connectivity index (χ4v) is 3.15. The first-order chi connectivity index (χ1) is 10.2. The van der Waals surface area contributed by atoms with E-state index in [0.29, 0.717) is 12.5 Å². The summed E-state index contributed by atoms with van der Waals surface area (Å²) in [5.41, 5.74) is 3.65. The Balaban J connectivity index is 1.78. The van der Waals surface area contributed by atoms with Gasteiger partial charge in [0, 0.05) is 51.0 Å². The molecule has 112 valence electrons. The highest BCUT2D eigenvalue weighted by Gasteiger charge is 2.28. The van der Waals surface area contributed by atoms with Crippen molar-refractivity contribution < 1.29 is 9.13 Å². The second-order valence-electron chi connectivity index (χ2n) is 5.63. The molecule has 2 aromatic rings. The Morgan fingerprint density at radius 3 is 2.81 bits per heavy atom. The number of hydrogen-bond donors (Lipinski definition) is 0. The van der Waals surface area contributed by atoms with Gasteiger partial charge in [0.2, 0.25) is 0 Å². The molecule has 0 radical (unpaired) electrons. The van der Waals surface area contributed by atoms with Crippen molar-refractivity contribution in [2.75, 3.05) is 20.3 Å². The third kappa shape index (κ3) is 2.99. The number of benzene rings is 1. The molecule has 1 aliphatic rings. The number of nitrogens with zero attached hydrogens (tertiary/aromatic N) is 3. The van der Waals surface area contributed by atoms with Gasteiger partial charge in [0.25, 0.3) is 0 Å². The molecule has 1 aromatic carbocycles. The van der Waals surface area contributed by atoms with E-state index in [1.807, 2.05) is 30.1 Å². The molecular formula is C16H20FN3O. The average molecular weight is 289 g/mol. The molecule has 5 heteroatoms. The highest BCUT2D eigenvalue weighted by atomic mass is 19.1. The van der Waals surface area contributed by atoms with Crippen LogP contribution in [0.1, 0.15) is 22.7 Å². The highest BCUT2D eigenvalue weighted by Crippen LogP contribution is 2.29. The van der Waals surface area contributed by atoms with Gasteiger partial charge in [0.05, 0.1) is 12.8 Å². The number of methoxy groups -OCH3 is 1. The monoisotopic (exact) mass is 289 g/mol. The Kier molecular flexibility index (Phi) is 4.03. The van der Waals surface area contributed by atoms with Crippen LogP contribution in [0.15, 0.2) is 30.5 Å². The van der Waals surface area contributed by atoms with Crippen molar-refractivity contribution in [3.63, 3.8) is 0 Å². The van der Waals surface area contributed by atoms with Crippen LogP contribution in [-0.2, 0) is 24.9 Å². The second kappa shape index (κ2) is 5.95. The second-order valence-corrected chi connectivity index (χ2v) is 5.63. The zero-order chi connectivity index (χ0) is 14.8. The topological polar surface area (TPSA) is 30.3 Å². The molecule has 21 heavy (non-hydrogen) atoms. The van der Waals surface area contributed by atoms with Crippen LogP contribution in [0.5, 0.6) is 0 Å². The van der Waals surface area contributed by atoms with E-state index in [4.69, 9.17) is 4.74 Å². The normalized spacial score (nSPS) is 18.7. The molecule has 2 heterocycles. The minimum Gasteiger partial charge on any atom is -0.384 e. The summed E-state index contributed by atoms with van der Waals surface area (Å²) >= 11 is 0. The number of aryl methyl sites for hydroxylation is 1. The van der Waals surface area contributed by atoms with E-state index in [0.717, 1.165) is 25.2 Å². The Bertz CT molecular complexity index is 608. The third-order valence-electron chi connectivity index (χ3n) is 4.01. The van der Waals surface area contributed by atoms with Crippen LogP contribution >= 0.6 is 0 Å². The molecule has 0 spiro atoms. The van der Waals surface area contributed by atoms with Gasteiger partial charge >= 0.3 is 0 Å². The zero-order valence-corrected chi connectivity index (χ0v) is 12.4. The summed E-state index contributed by atoms with van der Waals surface area (Å²) in [6.07, 6.45) is 1.94. The summed E-state index contributed by atoms with van der Waals surface area (Å²) in [4.78, 5) is 2.36. The summed E-state index contributed by atoms with van der Waals surface area (Å²) < 4.78 is 20.3. The first-order valence-corrected chi connectivity index (χ1v) is 7.14. The van der Waals surface area contributed by atoms with Crippen molar-refractivity contribution in [3.05, 3.63) is 53.1 Å². The largest absolute Gasteiger partial charge is 0.384 e. The SMILES string of the molecule is COC[C@H]1CN(Cc2ccc(F)cc2)Cc2cnn(C)c21. The molecule has 0 unspecified atom stereocenters.